The highest BCUT2D eigenvalue weighted by molar-refractivity contribution is 5.97. The number of rotatable bonds is 7. The number of nitrogens with zero attached hydrogens (tertiary/aromatic N) is 1. The van der Waals surface area contributed by atoms with Crippen LogP contribution in [0.2, 0.25) is 0 Å². The largest absolute Gasteiger partial charge is 0.457 e. The lowest BCUT2D eigenvalue weighted by Crippen LogP contribution is -2.27. The van der Waals surface area contributed by atoms with E-state index in [1.807, 2.05) is 0 Å². The number of hydrogen-bond donors (Lipinski definition) is 2. The third-order valence-corrected chi connectivity index (χ3v) is 2.60. The number of aliphatic hydroxyl groups excluding tert-OH is 1. The first-order valence-electron chi connectivity index (χ1n) is 7.16. The number of hydrogen-bond acceptors (Lipinski definition) is 8. The summed E-state index contributed by atoms with van der Waals surface area (Å²) in [5.41, 5.74) is -0.873. The molecule has 0 unspecified atom stereocenters. The van der Waals surface area contributed by atoms with Gasteiger partial charge in [0.05, 0.1) is 17.1 Å². The van der Waals surface area contributed by atoms with Crippen LogP contribution in [0.1, 0.15) is 31.1 Å². The Labute approximate surface area is 138 Å². The van der Waals surface area contributed by atoms with Crippen molar-refractivity contribution in [3.05, 3.63) is 33.9 Å². The summed E-state index contributed by atoms with van der Waals surface area (Å²) in [6.45, 7) is 4.35. The molecule has 0 aromatic heterocycles. The molecule has 2 N–H and O–H groups in total. The van der Waals surface area contributed by atoms with Crippen molar-refractivity contribution in [2.75, 3.05) is 25.1 Å². The second-order valence-electron chi connectivity index (χ2n) is 5.80. The predicted octanol–water partition coefficient (Wildman–Crippen LogP) is 1.50. The molecule has 0 aliphatic rings. The van der Waals surface area contributed by atoms with Crippen LogP contribution in [0, 0.1) is 10.1 Å². The fraction of sp³-hybridized carbons (Fsp3) is 0.467. The summed E-state index contributed by atoms with van der Waals surface area (Å²) >= 11 is 0. The number of nitro groups is 1. The molecule has 0 fully saturated rings. The van der Waals surface area contributed by atoms with E-state index in [0.29, 0.717) is 0 Å². The monoisotopic (exact) mass is 340 g/mol. The Hall–Kier alpha value is -2.68. The van der Waals surface area contributed by atoms with E-state index in [1.165, 1.54) is 12.1 Å². The minimum atomic E-state index is -0.912. The van der Waals surface area contributed by atoms with Crippen LogP contribution in [-0.2, 0) is 14.3 Å². The minimum absolute atomic E-state index is 0.110. The Morgan fingerprint density at radius 3 is 2.54 bits per heavy atom. The molecule has 0 saturated heterocycles. The van der Waals surface area contributed by atoms with Crippen molar-refractivity contribution in [2.45, 2.75) is 26.4 Å². The van der Waals surface area contributed by atoms with Crippen molar-refractivity contribution in [3.8, 4) is 0 Å². The van der Waals surface area contributed by atoms with Gasteiger partial charge in [0, 0.05) is 24.4 Å². The second kappa shape index (κ2) is 8.25. The van der Waals surface area contributed by atoms with E-state index in [4.69, 9.17) is 14.6 Å². The van der Waals surface area contributed by atoms with Gasteiger partial charge in [-0.25, -0.2) is 9.59 Å². The highest BCUT2D eigenvalue weighted by atomic mass is 16.6. The quantitative estimate of drug-likeness (QED) is 0.434. The molecule has 0 radical (unpaired) electrons. The molecule has 0 amide bonds. The van der Waals surface area contributed by atoms with Crippen LogP contribution in [0.5, 0.6) is 0 Å². The van der Waals surface area contributed by atoms with E-state index in [2.05, 4.69) is 5.32 Å². The average molecular weight is 340 g/mol. The van der Waals surface area contributed by atoms with Gasteiger partial charge in [0.2, 0.25) is 0 Å². The molecule has 1 aromatic carbocycles. The van der Waals surface area contributed by atoms with E-state index in [0.717, 1.165) is 6.07 Å². The standard InChI is InChI=1S/C15H20N2O7/c1-15(2,3)24-13(19)9-23-14(20)11-8-10(17(21)22)4-5-12(11)16-6-7-18/h4-5,8,16,18H,6-7,9H2,1-3H3. The number of carbonyl (C=O) groups is 2. The Morgan fingerprint density at radius 2 is 2.00 bits per heavy atom. The van der Waals surface area contributed by atoms with Gasteiger partial charge in [0.25, 0.3) is 5.69 Å². The Bertz CT molecular complexity index is 623. The molecule has 0 heterocycles. The first kappa shape index (κ1) is 19.4. The lowest BCUT2D eigenvalue weighted by atomic mass is 10.1. The van der Waals surface area contributed by atoms with E-state index < -0.39 is 29.1 Å². The molecule has 1 aromatic rings. The van der Waals surface area contributed by atoms with Gasteiger partial charge in [-0.05, 0) is 26.8 Å². The number of benzene rings is 1. The van der Waals surface area contributed by atoms with E-state index in [1.54, 1.807) is 20.8 Å². The lowest BCUT2D eigenvalue weighted by molar-refractivity contribution is -0.384. The van der Waals surface area contributed by atoms with Crippen LogP contribution in [0.4, 0.5) is 11.4 Å². The zero-order chi connectivity index (χ0) is 18.3. The van der Waals surface area contributed by atoms with Gasteiger partial charge < -0.3 is 19.9 Å². The molecule has 0 spiro atoms. The molecule has 132 valence electrons. The first-order valence-corrected chi connectivity index (χ1v) is 7.16. The number of nitrogens with one attached hydrogen (secondary N) is 1. The maximum Gasteiger partial charge on any atom is 0.344 e. The summed E-state index contributed by atoms with van der Waals surface area (Å²) in [6.07, 6.45) is 0. The number of anilines is 1. The molecule has 0 atom stereocenters. The van der Waals surface area contributed by atoms with Crippen LogP contribution in [0.15, 0.2) is 18.2 Å². The Kier molecular flexibility index (Phi) is 6.66. The van der Waals surface area contributed by atoms with E-state index >= 15 is 0 Å². The van der Waals surface area contributed by atoms with Gasteiger partial charge in [0.1, 0.15) is 5.60 Å². The molecule has 24 heavy (non-hydrogen) atoms. The third kappa shape index (κ3) is 6.21. The predicted molar refractivity (Wildman–Crippen MR) is 84.8 cm³/mol. The number of esters is 2. The zero-order valence-corrected chi connectivity index (χ0v) is 13.7. The topological polar surface area (TPSA) is 128 Å². The molecular formula is C15H20N2O7. The average Bonchev–Trinajstić information content (AvgIpc) is 2.48. The van der Waals surface area contributed by atoms with Gasteiger partial charge in [-0.3, -0.25) is 10.1 Å². The Balaban J connectivity index is 2.88. The summed E-state index contributed by atoms with van der Waals surface area (Å²) in [6, 6.07) is 3.58. The van der Waals surface area contributed by atoms with Crippen LogP contribution in [0.25, 0.3) is 0 Å². The number of carbonyl (C=O) groups excluding carboxylic acids is 2. The summed E-state index contributed by atoms with van der Waals surface area (Å²) in [4.78, 5) is 33.9. The fourth-order valence-corrected chi connectivity index (χ4v) is 1.73. The van der Waals surface area contributed by atoms with Crippen LogP contribution < -0.4 is 5.32 Å². The van der Waals surface area contributed by atoms with Crippen molar-refractivity contribution < 1.29 is 29.1 Å². The maximum atomic E-state index is 12.1. The third-order valence-electron chi connectivity index (χ3n) is 2.60. The first-order chi connectivity index (χ1) is 11.1. The SMILES string of the molecule is CC(C)(C)OC(=O)COC(=O)c1cc([N+](=O)[O-])ccc1NCCO. The lowest BCUT2D eigenvalue weighted by Gasteiger charge is -2.19. The number of ether oxygens (including phenoxy) is 2. The van der Waals surface area contributed by atoms with E-state index in [9.17, 15) is 19.7 Å². The molecular weight excluding hydrogens is 320 g/mol. The molecule has 9 heteroatoms. The normalized spacial score (nSPS) is 10.8. The molecule has 0 saturated carbocycles. The number of nitro benzene ring substituents is 1. The van der Waals surface area contributed by atoms with Crippen molar-refractivity contribution in [2.24, 2.45) is 0 Å². The van der Waals surface area contributed by atoms with Crippen LogP contribution in [-0.4, -0.2) is 47.3 Å². The molecule has 0 aliphatic heterocycles. The summed E-state index contributed by atoms with van der Waals surface area (Å²) in [5.74, 6) is -1.64. The Morgan fingerprint density at radius 1 is 1.33 bits per heavy atom. The van der Waals surface area contributed by atoms with Gasteiger partial charge in [-0.1, -0.05) is 0 Å². The van der Waals surface area contributed by atoms with Crippen LogP contribution >= 0.6 is 0 Å². The highest BCUT2D eigenvalue weighted by Gasteiger charge is 2.21. The fourth-order valence-electron chi connectivity index (χ4n) is 1.73. The van der Waals surface area contributed by atoms with E-state index in [-0.39, 0.29) is 30.1 Å². The smallest absolute Gasteiger partial charge is 0.344 e. The zero-order valence-electron chi connectivity index (χ0n) is 13.7. The van der Waals surface area contributed by atoms with Gasteiger partial charge in [-0.15, -0.1) is 0 Å². The second-order valence-corrected chi connectivity index (χ2v) is 5.80. The molecule has 9 nitrogen and oxygen atoms in total. The summed E-state index contributed by atoms with van der Waals surface area (Å²) in [5, 5.41) is 22.4. The van der Waals surface area contributed by atoms with Crippen molar-refractivity contribution >= 4 is 23.3 Å². The molecule has 1 rings (SSSR count). The van der Waals surface area contributed by atoms with Gasteiger partial charge in [0.15, 0.2) is 6.61 Å². The number of non-ortho nitro benzene ring substituents is 1. The van der Waals surface area contributed by atoms with Crippen molar-refractivity contribution in [1.82, 2.24) is 0 Å². The van der Waals surface area contributed by atoms with Crippen molar-refractivity contribution in [1.29, 1.82) is 0 Å². The summed E-state index contributed by atoms with van der Waals surface area (Å²) in [7, 11) is 0. The highest BCUT2D eigenvalue weighted by Crippen LogP contribution is 2.23. The maximum absolute atomic E-state index is 12.1. The minimum Gasteiger partial charge on any atom is -0.457 e. The molecule has 0 aliphatic carbocycles. The number of aliphatic hydroxyl groups is 1. The molecule has 0 bridgehead atoms. The van der Waals surface area contributed by atoms with Gasteiger partial charge >= 0.3 is 11.9 Å². The van der Waals surface area contributed by atoms with Crippen molar-refractivity contribution in [3.63, 3.8) is 0 Å². The summed E-state index contributed by atoms with van der Waals surface area (Å²) < 4.78 is 9.86. The van der Waals surface area contributed by atoms with Gasteiger partial charge in [-0.2, -0.15) is 0 Å². The van der Waals surface area contributed by atoms with Crippen LogP contribution in [0.3, 0.4) is 0 Å².